The largest absolute Gasteiger partial charge is 0.443 e. The zero-order valence-electron chi connectivity index (χ0n) is 4.76. The lowest BCUT2D eigenvalue weighted by Gasteiger charge is -2.18. The van der Waals surface area contributed by atoms with Gasteiger partial charge in [0, 0.05) is 6.42 Å². The van der Waals surface area contributed by atoms with E-state index in [9.17, 15) is 9.28 Å². The van der Waals surface area contributed by atoms with E-state index >= 15 is 0 Å². The van der Waals surface area contributed by atoms with Crippen molar-refractivity contribution >= 4 is 6.09 Å². The minimum Gasteiger partial charge on any atom is -0.414 e. The lowest BCUT2D eigenvalue weighted by atomic mass is 10.3. The first kappa shape index (κ1) is 6.07. The quantitative estimate of drug-likeness (QED) is 0.462. The minimum absolute atomic E-state index is 0.0225. The van der Waals surface area contributed by atoms with Gasteiger partial charge in [-0.3, -0.25) is 0 Å². The standard InChI is InChI=1S/C5H6FNO2/c1-4-2-3-7(6)5(8)9-4/h1-3H2. The van der Waals surface area contributed by atoms with Gasteiger partial charge in [-0.15, -0.1) is 5.12 Å². The Bertz CT molecular complexity index is 157. The van der Waals surface area contributed by atoms with E-state index in [1.165, 1.54) is 0 Å². The molecule has 1 amide bonds. The summed E-state index contributed by atoms with van der Waals surface area (Å²) >= 11 is 0. The summed E-state index contributed by atoms with van der Waals surface area (Å²) in [7, 11) is 0. The maximum Gasteiger partial charge on any atom is 0.443 e. The lowest BCUT2D eigenvalue weighted by molar-refractivity contribution is 0.00251. The van der Waals surface area contributed by atoms with Crippen molar-refractivity contribution < 1.29 is 14.0 Å². The summed E-state index contributed by atoms with van der Waals surface area (Å²) < 4.78 is 16.4. The van der Waals surface area contributed by atoms with Crippen LogP contribution >= 0.6 is 0 Å². The molecular formula is C5H6FNO2. The zero-order chi connectivity index (χ0) is 6.85. The van der Waals surface area contributed by atoms with Gasteiger partial charge >= 0.3 is 6.09 Å². The van der Waals surface area contributed by atoms with Gasteiger partial charge in [0.05, 0.1) is 6.54 Å². The number of amides is 1. The fourth-order valence-electron chi connectivity index (χ4n) is 0.538. The van der Waals surface area contributed by atoms with E-state index in [-0.39, 0.29) is 11.7 Å². The number of hydrogen-bond acceptors (Lipinski definition) is 2. The number of ether oxygens (including phenoxy) is 1. The van der Waals surface area contributed by atoms with Gasteiger partial charge in [0.2, 0.25) is 0 Å². The monoisotopic (exact) mass is 131 g/mol. The zero-order valence-corrected chi connectivity index (χ0v) is 4.76. The molecule has 3 nitrogen and oxygen atoms in total. The van der Waals surface area contributed by atoms with Crippen LogP contribution in [0.1, 0.15) is 6.42 Å². The third-order valence-corrected chi connectivity index (χ3v) is 1.02. The molecule has 0 radical (unpaired) electrons. The summed E-state index contributed by atoms with van der Waals surface area (Å²) in [6.45, 7) is 3.42. The molecule has 1 aliphatic rings. The predicted molar refractivity (Wildman–Crippen MR) is 28.1 cm³/mol. The Morgan fingerprint density at radius 1 is 1.78 bits per heavy atom. The van der Waals surface area contributed by atoms with Crippen molar-refractivity contribution in [3.63, 3.8) is 0 Å². The van der Waals surface area contributed by atoms with E-state index in [0.717, 1.165) is 0 Å². The van der Waals surface area contributed by atoms with Crippen LogP contribution in [0.15, 0.2) is 12.3 Å². The fraction of sp³-hybridized carbons (Fsp3) is 0.400. The van der Waals surface area contributed by atoms with E-state index in [0.29, 0.717) is 12.2 Å². The predicted octanol–water partition coefficient (Wildman–Crippen LogP) is 1.23. The number of carbonyl (C=O) groups excluding carboxylic acids is 1. The molecule has 1 heterocycles. The highest BCUT2D eigenvalue weighted by Gasteiger charge is 2.21. The van der Waals surface area contributed by atoms with Crippen molar-refractivity contribution in [2.24, 2.45) is 0 Å². The van der Waals surface area contributed by atoms with Gasteiger partial charge in [-0.1, -0.05) is 11.1 Å². The minimum atomic E-state index is -0.966. The number of rotatable bonds is 0. The van der Waals surface area contributed by atoms with Crippen molar-refractivity contribution in [3.05, 3.63) is 12.3 Å². The molecule has 1 fully saturated rings. The lowest BCUT2D eigenvalue weighted by Crippen LogP contribution is -2.29. The van der Waals surface area contributed by atoms with E-state index in [4.69, 9.17) is 0 Å². The van der Waals surface area contributed by atoms with E-state index in [2.05, 4.69) is 11.3 Å². The molecule has 0 aliphatic carbocycles. The second-order valence-electron chi connectivity index (χ2n) is 1.74. The highest BCUT2D eigenvalue weighted by molar-refractivity contribution is 5.68. The number of hydrogen-bond donors (Lipinski definition) is 0. The number of cyclic esters (lactones) is 1. The maximum absolute atomic E-state index is 12.1. The molecule has 0 aromatic rings. The average Bonchev–Trinajstić information content (AvgIpc) is 1.80. The Hall–Kier alpha value is -1.06. The summed E-state index contributed by atoms with van der Waals surface area (Å²) in [4.78, 5) is 10.3. The van der Waals surface area contributed by atoms with Gasteiger partial charge in [0.25, 0.3) is 0 Å². The molecule has 1 aliphatic heterocycles. The molecule has 0 saturated carbocycles. The second kappa shape index (κ2) is 2.05. The van der Waals surface area contributed by atoms with Gasteiger partial charge < -0.3 is 4.74 Å². The van der Waals surface area contributed by atoms with Crippen LogP contribution in [0.5, 0.6) is 0 Å². The highest BCUT2D eigenvalue weighted by atomic mass is 19.2. The second-order valence-corrected chi connectivity index (χ2v) is 1.74. The molecular weight excluding hydrogens is 125 g/mol. The van der Waals surface area contributed by atoms with Crippen molar-refractivity contribution in [1.82, 2.24) is 5.12 Å². The molecule has 50 valence electrons. The van der Waals surface area contributed by atoms with Crippen LogP contribution in [0.2, 0.25) is 0 Å². The van der Waals surface area contributed by atoms with Crippen molar-refractivity contribution in [2.75, 3.05) is 6.54 Å². The maximum atomic E-state index is 12.1. The molecule has 0 aromatic heterocycles. The van der Waals surface area contributed by atoms with Crippen molar-refractivity contribution in [1.29, 1.82) is 0 Å². The Morgan fingerprint density at radius 3 is 2.89 bits per heavy atom. The summed E-state index contributed by atoms with van der Waals surface area (Å²) in [5, 5.41) is 0.0225. The van der Waals surface area contributed by atoms with Crippen LogP contribution in [-0.2, 0) is 4.74 Å². The molecule has 0 aromatic carbocycles. The Labute approximate surface area is 51.6 Å². The van der Waals surface area contributed by atoms with E-state index in [1.54, 1.807) is 0 Å². The first-order valence-electron chi connectivity index (χ1n) is 2.53. The molecule has 0 spiro atoms. The van der Waals surface area contributed by atoms with E-state index in [1.807, 2.05) is 0 Å². The van der Waals surface area contributed by atoms with Crippen molar-refractivity contribution in [2.45, 2.75) is 6.42 Å². The van der Waals surface area contributed by atoms with Gasteiger partial charge in [-0.25, -0.2) is 4.79 Å². The molecule has 4 heteroatoms. The van der Waals surface area contributed by atoms with Crippen LogP contribution in [0, 0.1) is 0 Å². The molecule has 0 unspecified atom stereocenters. The molecule has 1 rings (SSSR count). The van der Waals surface area contributed by atoms with E-state index < -0.39 is 6.09 Å². The van der Waals surface area contributed by atoms with Crippen LogP contribution < -0.4 is 0 Å². The summed E-state index contributed by atoms with van der Waals surface area (Å²) in [6.07, 6.45) is -0.589. The smallest absolute Gasteiger partial charge is 0.414 e. The van der Waals surface area contributed by atoms with Crippen molar-refractivity contribution in [3.8, 4) is 0 Å². The SMILES string of the molecule is C=C1CCN(F)C(=O)O1. The molecule has 0 atom stereocenters. The van der Waals surface area contributed by atoms with Crippen LogP contribution in [0.25, 0.3) is 0 Å². The first-order chi connectivity index (χ1) is 4.20. The first-order valence-corrected chi connectivity index (χ1v) is 2.53. The van der Waals surface area contributed by atoms with Crippen LogP contribution in [0.4, 0.5) is 9.28 Å². The molecule has 1 saturated heterocycles. The molecule has 0 N–H and O–H groups in total. The summed E-state index contributed by atoms with van der Waals surface area (Å²) in [5.41, 5.74) is 0. The highest BCUT2D eigenvalue weighted by Crippen LogP contribution is 2.12. The fourth-order valence-corrected chi connectivity index (χ4v) is 0.538. The Morgan fingerprint density at radius 2 is 2.44 bits per heavy atom. The number of carbonyl (C=O) groups is 1. The van der Waals surface area contributed by atoms with Crippen LogP contribution in [0.3, 0.4) is 0 Å². The summed E-state index contributed by atoms with van der Waals surface area (Å²) in [6, 6.07) is 0. The third kappa shape index (κ3) is 1.19. The molecule has 9 heavy (non-hydrogen) atoms. The van der Waals surface area contributed by atoms with Crippen LogP contribution in [-0.4, -0.2) is 17.8 Å². The molecule has 0 bridgehead atoms. The van der Waals surface area contributed by atoms with Gasteiger partial charge in [-0.05, 0) is 0 Å². The van der Waals surface area contributed by atoms with Gasteiger partial charge in [-0.2, -0.15) is 0 Å². The van der Waals surface area contributed by atoms with Gasteiger partial charge in [0.1, 0.15) is 5.76 Å². The Kier molecular flexibility index (Phi) is 1.38. The Balaban J connectivity index is 2.54. The number of halogens is 1. The topological polar surface area (TPSA) is 29.5 Å². The average molecular weight is 131 g/mol. The normalized spacial score (nSPS) is 19.9. The summed E-state index contributed by atoms with van der Waals surface area (Å²) in [5.74, 6) is 0.328. The van der Waals surface area contributed by atoms with Gasteiger partial charge in [0.15, 0.2) is 0 Å². The number of nitrogens with zero attached hydrogens (tertiary/aromatic N) is 1. The third-order valence-electron chi connectivity index (χ3n) is 1.02.